The van der Waals surface area contributed by atoms with Crippen molar-refractivity contribution in [3.63, 3.8) is 0 Å². The van der Waals surface area contributed by atoms with Crippen LogP contribution >= 0.6 is 0 Å². The summed E-state index contributed by atoms with van der Waals surface area (Å²) in [7, 11) is 0. The molecule has 136 valence electrons. The van der Waals surface area contributed by atoms with E-state index >= 15 is 0 Å². The monoisotopic (exact) mass is 357 g/mol. The molecule has 0 bridgehead atoms. The van der Waals surface area contributed by atoms with E-state index in [2.05, 4.69) is 12.1 Å². The average Bonchev–Trinajstić information content (AvgIpc) is 2.80. The van der Waals surface area contributed by atoms with Crippen molar-refractivity contribution >= 4 is 5.91 Å². The third kappa shape index (κ3) is 3.79. The summed E-state index contributed by atoms with van der Waals surface area (Å²) < 4.78 is 0. The first-order valence-electron chi connectivity index (χ1n) is 9.37. The minimum Gasteiger partial charge on any atom is -0.391 e. The van der Waals surface area contributed by atoms with Gasteiger partial charge in [0.15, 0.2) is 0 Å². The van der Waals surface area contributed by atoms with Crippen LogP contribution in [0.25, 0.3) is 0 Å². The summed E-state index contributed by atoms with van der Waals surface area (Å²) in [4.78, 5) is 15.2. The van der Waals surface area contributed by atoms with Crippen molar-refractivity contribution in [1.82, 2.24) is 4.90 Å². The molecule has 1 aliphatic rings. The van der Waals surface area contributed by atoms with Crippen molar-refractivity contribution in [1.29, 1.82) is 0 Å². The summed E-state index contributed by atoms with van der Waals surface area (Å²) in [6.45, 7) is 0.489. The highest BCUT2D eigenvalue weighted by molar-refractivity contribution is 5.96. The number of rotatable bonds is 4. The van der Waals surface area contributed by atoms with Crippen LogP contribution in [0, 0.1) is 0 Å². The number of carbonyl (C=O) groups excluding carboxylic acids is 1. The van der Waals surface area contributed by atoms with Crippen LogP contribution in [-0.4, -0.2) is 28.1 Å². The molecule has 3 heteroatoms. The molecule has 1 amide bonds. The zero-order valence-corrected chi connectivity index (χ0v) is 15.2. The van der Waals surface area contributed by atoms with E-state index in [1.807, 2.05) is 77.7 Å². The third-order valence-corrected chi connectivity index (χ3v) is 5.27. The fraction of sp³-hybridized carbons (Fsp3) is 0.208. The summed E-state index contributed by atoms with van der Waals surface area (Å²) in [6.07, 6.45) is 0.515. The van der Waals surface area contributed by atoms with E-state index in [0.29, 0.717) is 24.9 Å². The Labute approximate surface area is 159 Å². The van der Waals surface area contributed by atoms with Crippen LogP contribution in [0.15, 0.2) is 84.9 Å². The van der Waals surface area contributed by atoms with E-state index in [1.165, 1.54) is 0 Å². The summed E-state index contributed by atoms with van der Waals surface area (Å²) in [5.41, 5.74) is 3.81. The van der Waals surface area contributed by atoms with Gasteiger partial charge in [0, 0.05) is 18.5 Å². The van der Waals surface area contributed by atoms with Gasteiger partial charge >= 0.3 is 0 Å². The van der Waals surface area contributed by atoms with Crippen molar-refractivity contribution < 1.29 is 9.90 Å². The average molecular weight is 357 g/mol. The predicted octanol–water partition coefficient (Wildman–Crippen LogP) is 3.86. The molecule has 0 unspecified atom stereocenters. The number of benzene rings is 3. The van der Waals surface area contributed by atoms with E-state index in [-0.39, 0.29) is 11.9 Å². The number of carbonyl (C=O) groups is 1. The van der Waals surface area contributed by atoms with Gasteiger partial charge in [-0.05, 0) is 29.2 Å². The second-order valence-electron chi connectivity index (χ2n) is 7.10. The molecule has 0 spiro atoms. The topological polar surface area (TPSA) is 40.5 Å². The molecule has 0 aromatic heterocycles. The molecule has 3 nitrogen and oxygen atoms in total. The summed E-state index contributed by atoms with van der Waals surface area (Å²) in [6, 6.07) is 27.4. The summed E-state index contributed by atoms with van der Waals surface area (Å²) in [5, 5.41) is 11.0. The number of hydrogen-bond acceptors (Lipinski definition) is 2. The number of hydrogen-bond donors (Lipinski definition) is 1. The Morgan fingerprint density at radius 3 is 2.11 bits per heavy atom. The lowest BCUT2D eigenvalue weighted by Gasteiger charge is -2.33. The van der Waals surface area contributed by atoms with Crippen molar-refractivity contribution in [2.45, 2.75) is 31.5 Å². The van der Waals surface area contributed by atoms with Gasteiger partial charge in [0.05, 0.1) is 12.1 Å². The molecule has 0 saturated heterocycles. The molecule has 0 radical (unpaired) electrons. The molecule has 1 heterocycles. The van der Waals surface area contributed by atoms with Crippen LogP contribution in [0.3, 0.4) is 0 Å². The second-order valence-corrected chi connectivity index (χ2v) is 7.10. The normalized spacial score (nSPS) is 19.4. The van der Waals surface area contributed by atoms with Gasteiger partial charge in [0.2, 0.25) is 0 Å². The molecule has 1 N–H and O–H groups in total. The van der Waals surface area contributed by atoms with Gasteiger partial charge in [0.1, 0.15) is 0 Å². The van der Waals surface area contributed by atoms with Gasteiger partial charge in [-0.25, -0.2) is 0 Å². The lowest BCUT2D eigenvalue weighted by molar-refractivity contribution is 0.0367. The van der Waals surface area contributed by atoms with Crippen molar-refractivity contribution in [2.75, 3.05) is 0 Å². The van der Waals surface area contributed by atoms with Gasteiger partial charge in [-0.3, -0.25) is 4.79 Å². The second kappa shape index (κ2) is 7.77. The van der Waals surface area contributed by atoms with Crippen molar-refractivity contribution in [3.8, 4) is 0 Å². The molecule has 1 aliphatic heterocycles. The van der Waals surface area contributed by atoms with Crippen molar-refractivity contribution in [2.24, 2.45) is 0 Å². The number of fused-ring (bicyclic) bond motifs is 1. The number of aliphatic hydroxyl groups is 1. The van der Waals surface area contributed by atoms with E-state index in [1.54, 1.807) is 0 Å². The Morgan fingerprint density at radius 1 is 0.815 bits per heavy atom. The first-order valence-corrected chi connectivity index (χ1v) is 9.37. The molecule has 4 rings (SSSR count). The standard InChI is InChI=1S/C24H23NO2/c26-23-16-20-13-7-8-14-21(20)24(27)25(17-19-11-5-2-6-12-19)22(23)15-18-9-3-1-4-10-18/h1-14,22-23,26H,15-17H2/t22-,23-/m1/s1. The van der Waals surface area contributed by atoms with Crippen LogP contribution in [-0.2, 0) is 19.4 Å². The summed E-state index contributed by atoms with van der Waals surface area (Å²) in [5.74, 6) is -0.00747. The lowest BCUT2D eigenvalue weighted by atomic mass is 9.96. The van der Waals surface area contributed by atoms with Crippen LogP contribution < -0.4 is 0 Å². The maximum atomic E-state index is 13.4. The van der Waals surface area contributed by atoms with Gasteiger partial charge in [-0.2, -0.15) is 0 Å². The lowest BCUT2D eigenvalue weighted by Crippen LogP contribution is -2.46. The number of aliphatic hydroxyl groups excluding tert-OH is 1. The quantitative estimate of drug-likeness (QED) is 0.770. The van der Waals surface area contributed by atoms with Crippen molar-refractivity contribution in [3.05, 3.63) is 107 Å². The van der Waals surface area contributed by atoms with Gasteiger partial charge in [0.25, 0.3) is 5.91 Å². The molecular formula is C24H23NO2. The van der Waals surface area contributed by atoms with E-state index in [9.17, 15) is 9.90 Å². The van der Waals surface area contributed by atoms with Crippen LogP contribution in [0.1, 0.15) is 27.0 Å². The Morgan fingerprint density at radius 2 is 1.41 bits per heavy atom. The van der Waals surface area contributed by atoms with E-state index in [4.69, 9.17) is 0 Å². The molecule has 0 aliphatic carbocycles. The largest absolute Gasteiger partial charge is 0.391 e. The Bertz CT molecular complexity index is 908. The first-order chi connectivity index (χ1) is 13.2. The van der Waals surface area contributed by atoms with Crippen LogP contribution in [0.4, 0.5) is 0 Å². The molecule has 2 atom stereocenters. The third-order valence-electron chi connectivity index (χ3n) is 5.27. The molecule has 3 aromatic rings. The first kappa shape index (κ1) is 17.5. The molecule has 3 aromatic carbocycles. The highest BCUT2D eigenvalue weighted by Gasteiger charge is 2.35. The zero-order valence-electron chi connectivity index (χ0n) is 15.2. The molecule has 27 heavy (non-hydrogen) atoms. The van der Waals surface area contributed by atoms with Crippen LogP contribution in [0.5, 0.6) is 0 Å². The maximum absolute atomic E-state index is 13.4. The van der Waals surface area contributed by atoms with Gasteiger partial charge in [-0.1, -0.05) is 78.9 Å². The Kier molecular flexibility index (Phi) is 5.03. The van der Waals surface area contributed by atoms with Gasteiger partial charge < -0.3 is 10.0 Å². The van der Waals surface area contributed by atoms with Crippen LogP contribution in [0.2, 0.25) is 0 Å². The highest BCUT2D eigenvalue weighted by Crippen LogP contribution is 2.26. The van der Waals surface area contributed by atoms with Gasteiger partial charge in [-0.15, -0.1) is 0 Å². The SMILES string of the molecule is O=C1c2ccccc2C[C@@H](O)[C@@H](Cc2ccccc2)N1Cc1ccccc1. The van der Waals surface area contributed by atoms with E-state index in [0.717, 1.165) is 16.7 Å². The minimum absolute atomic E-state index is 0.00747. The zero-order chi connectivity index (χ0) is 18.6. The molecule has 0 fully saturated rings. The summed E-state index contributed by atoms with van der Waals surface area (Å²) >= 11 is 0. The maximum Gasteiger partial charge on any atom is 0.254 e. The number of nitrogens with zero attached hydrogens (tertiary/aromatic N) is 1. The smallest absolute Gasteiger partial charge is 0.254 e. The van der Waals surface area contributed by atoms with E-state index < -0.39 is 6.10 Å². The fourth-order valence-electron chi connectivity index (χ4n) is 3.85. The molecule has 0 saturated carbocycles. The predicted molar refractivity (Wildman–Crippen MR) is 106 cm³/mol. The Balaban J connectivity index is 1.73. The minimum atomic E-state index is -0.610. The number of amides is 1. The molecular weight excluding hydrogens is 334 g/mol. The fourth-order valence-corrected chi connectivity index (χ4v) is 3.85. The Hall–Kier alpha value is -2.91. The highest BCUT2D eigenvalue weighted by atomic mass is 16.3.